The van der Waals surface area contributed by atoms with Gasteiger partial charge < -0.3 is 8.92 Å². The maximum Gasteiger partial charge on any atom is 0.306 e. The molecule has 1 fully saturated rings. The number of hydrogen-bond acceptors (Lipinski definition) is 7. The van der Waals surface area contributed by atoms with Crippen molar-refractivity contribution in [3.05, 3.63) is 28.7 Å². The number of thiocarbonyl (C=S) groups is 1. The molecule has 1 aliphatic heterocycles. The molecule has 0 unspecified atom stereocenters. The summed E-state index contributed by atoms with van der Waals surface area (Å²) < 4.78 is 33.2. The fourth-order valence-corrected chi connectivity index (χ4v) is 3.34. The maximum atomic E-state index is 12.0. The Morgan fingerprint density at radius 3 is 2.55 bits per heavy atom. The van der Waals surface area contributed by atoms with Crippen LogP contribution in [0.15, 0.2) is 23.1 Å². The number of carbonyl (C=O) groups excluding carboxylic acids is 1. The third-order valence-corrected chi connectivity index (χ3v) is 4.70. The molecule has 22 heavy (non-hydrogen) atoms. The van der Waals surface area contributed by atoms with Gasteiger partial charge in [-0.3, -0.25) is 9.69 Å². The summed E-state index contributed by atoms with van der Waals surface area (Å²) in [6, 6.07) is 4.63. The number of amides is 1. The molecule has 1 aromatic carbocycles. The minimum atomic E-state index is -3.69. The predicted molar refractivity (Wildman–Crippen MR) is 89.4 cm³/mol. The van der Waals surface area contributed by atoms with Crippen LogP contribution in [0, 0.1) is 0 Å². The van der Waals surface area contributed by atoms with E-state index in [0.29, 0.717) is 20.5 Å². The summed E-state index contributed by atoms with van der Waals surface area (Å²) in [4.78, 5) is 13.8. The summed E-state index contributed by atoms with van der Waals surface area (Å²) in [5, 5.41) is 0. The first-order valence-corrected chi connectivity index (χ1v) is 9.04. The number of ether oxygens (including phenoxy) is 1. The zero-order valence-electron chi connectivity index (χ0n) is 12.0. The Labute approximate surface area is 138 Å². The molecule has 0 bridgehead atoms. The third kappa shape index (κ3) is 3.79. The molecule has 1 amide bonds. The van der Waals surface area contributed by atoms with Gasteiger partial charge in [0, 0.05) is 12.6 Å². The summed E-state index contributed by atoms with van der Waals surface area (Å²) >= 11 is 6.20. The quantitative estimate of drug-likeness (QED) is 0.461. The van der Waals surface area contributed by atoms with E-state index < -0.39 is 10.1 Å². The number of likely N-dealkylation sites (N-methyl/N-ethyl adjacent to an activating group) is 1. The van der Waals surface area contributed by atoms with Gasteiger partial charge in [-0.15, -0.1) is 0 Å². The lowest BCUT2D eigenvalue weighted by Crippen LogP contribution is -2.22. The average Bonchev–Trinajstić information content (AvgIpc) is 2.67. The lowest BCUT2D eigenvalue weighted by atomic mass is 10.1. The molecule has 0 N–H and O–H groups in total. The highest BCUT2D eigenvalue weighted by Gasteiger charge is 2.29. The van der Waals surface area contributed by atoms with E-state index in [1.807, 2.05) is 0 Å². The van der Waals surface area contributed by atoms with Crippen LogP contribution in [-0.4, -0.2) is 44.0 Å². The maximum absolute atomic E-state index is 12.0. The molecule has 0 radical (unpaired) electrons. The molecule has 0 saturated carbocycles. The molecule has 6 nitrogen and oxygen atoms in total. The summed E-state index contributed by atoms with van der Waals surface area (Å²) in [6.45, 7) is 0. The van der Waals surface area contributed by atoms with E-state index in [0.717, 1.165) is 18.0 Å². The molecule has 9 heteroatoms. The second-order valence-corrected chi connectivity index (χ2v) is 7.68. The minimum absolute atomic E-state index is 0.115. The normalized spacial score (nSPS) is 17.2. The van der Waals surface area contributed by atoms with Crippen molar-refractivity contribution in [3.8, 4) is 11.5 Å². The topological polar surface area (TPSA) is 72.9 Å². The largest absolute Gasteiger partial charge is 0.497 e. The number of methoxy groups -OCH3 is 1. The van der Waals surface area contributed by atoms with Crippen LogP contribution in [0.3, 0.4) is 0 Å². The summed E-state index contributed by atoms with van der Waals surface area (Å²) in [6.07, 6.45) is 2.48. The summed E-state index contributed by atoms with van der Waals surface area (Å²) in [5.41, 5.74) is 0.415. The van der Waals surface area contributed by atoms with Crippen LogP contribution >= 0.6 is 24.0 Å². The second-order valence-electron chi connectivity index (χ2n) is 4.43. The van der Waals surface area contributed by atoms with Gasteiger partial charge >= 0.3 is 10.1 Å². The van der Waals surface area contributed by atoms with E-state index >= 15 is 0 Å². The van der Waals surface area contributed by atoms with Gasteiger partial charge in [0.25, 0.3) is 5.91 Å². The zero-order chi connectivity index (χ0) is 16.5. The van der Waals surface area contributed by atoms with Crippen molar-refractivity contribution in [2.45, 2.75) is 0 Å². The first-order chi connectivity index (χ1) is 10.2. The fraction of sp³-hybridized carbons (Fsp3) is 0.231. The Hall–Kier alpha value is -1.58. The van der Waals surface area contributed by atoms with Crippen LogP contribution in [0.1, 0.15) is 5.56 Å². The number of benzene rings is 1. The molecule has 0 aliphatic carbocycles. The van der Waals surface area contributed by atoms with Crippen LogP contribution in [0.4, 0.5) is 0 Å². The van der Waals surface area contributed by atoms with Gasteiger partial charge in [-0.05, 0) is 24.3 Å². The Morgan fingerprint density at radius 2 is 2.05 bits per heavy atom. The van der Waals surface area contributed by atoms with E-state index in [1.165, 1.54) is 24.2 Å². The molecule has 1 aromatic rings. The lowest BCUT2D eigenvalue weighted by Gasteiger charge is -2.09. The molecule has 0 spiro atoms. The van der Waals surface area contributed by atoms with Crippen molar-refractivity contribution in [3.63, 3.8) is 0 Å². The lowest BCUT2D eigenvalue weighted by molar-refractivity contribution is -0.121. The Morgan fingerprint density at radius 1 is 1.36 bits per heavy atom. The number of thioether (sulfide) groups is 1. The van der Waals surface area contributed by atoms with Gasteiger partial charge in [0.2, 0.25) is 0 Å². The van der Waals surface area contributed by atoms with Crippen molar-refractivity contribution in [1.82, 2.24) is 4.90 Å². The Balaban J connectivity index is 2.48. The van der Waals surface area contributed by atoms with Crippen LogP contribution in [0.5, 0.6) is 11.5 Å². The molecule has 1 heterocycles. The van der Waals surface area contributed by atoms with E-state index in [-0.39, 0.29) is 11.7 Å². The molecule has 118 valence electrons. The van der Waals surface area contributed by atoms with Crippen LogP contribution < -0.4 is 8.92 Å². The summed E-state index contributed by atoms with van der Waals surface area (Å²) in [7, 11) is -0.617. The van der Waals surface area contributed by atoms with E-state index in [9.17, 15) is 13.2 Å². The Bertz CT molecular complexity index is 770. The minimum Gasteiger partial charge on any atom is -0.497 e. The molecule has 0 atom stereocenters. The second kappa shape index (κ2) is 6.27. The fourth-order valence-electron chi connectivity index (χ4n) is 1.69. The first-order valence-electron chi connectivity index (χ1n) is 6.00. The summed E-state index contributed by atoms with van der Waals surface area (Å²) in [5.74, 6) is 0.381. The zero-order valence-corrected chi connectivity index (χ0v) is 14.5. The number of carbonyl (C=O) groups is 1. The van der Waals surface area contributed by atoms with Crippen molar-refractivity contribution in [2.75, 3.05) is 20.4 Å². The van der Waals surface area contributed by atoms with Gasteiger partial charge in [0.05, 0.1) is 18.3 Å². The van der Waals surface area contributed by atoms with Gasteiger partial charge in [0.15, 0.2) is 0 Å². The number of rotatable bonds is 4. The highest BCUT2D eigenvalue weighted by molar-refractivity contribution is 8.26. The molecule has 0 aromatic heterocycles. The monoisotopic (exact) mass is 359 g/mol. The third-order valence-electron chi connectivity index (χ3n) is 2.73. The van der Waals surface area contributed by atoms with Crippen LogP contribution in [0.25, 0.3) is 6.08 Å². The van der Waals surface area contributed by atoms with Crippen molar-refractivity contribution in [1.29, 1.82) is 0 Å². The van der Waals surface area contributed by atoms with Crippen LogP contribution in [0.2, 0.25) is 0 Å². The molecular formula is C13H13NO5S3. The highest BCUT2D eigenvalue weighted by Crippen LogP contribution is 2.34. The Kier molecular flexibility index (Phi) is 4.78. The van der Waals surface area contributed by atoms with Crippen molar-refractivity contribution < 1.29 is 22.1 Å². The van der Waals surface area contributed by atoms with Crippen LogP contribution in [-0.2, 0) is 14.9 Å². The smallest absolute Gasteiger partial charge is 0.306 e. The van der Waals surface area contributed by atoms with Gasteiger partial charge in [-0.2, -0.15) is 8.42 Å². The molecule has 1 saturated heterocycles. The first kappa shape index (κ1) is 16.8. The van der Waals surface area contributed by atoms with E-state index in [1.54, 1.807) is 19.2 Å². The predicted octanol–water partition coefficient (Wildman–Crippen LogP) is 1.86. The molecule has 2 rings (SSSR count). The van der Waals surface area contributed by atoms with Gasteiger partial charge in [-0.1, -0.05) is 24.0 Å². The van der Waals surface area contributed by atoms with Gasteiger partial charge in [0.1, 0.15) is 15.8 Å². The molecular weight excluding hydrogens is 346 g/mol. The number of hydrogen-bond donors (Lipinski definition) is 0. The van der Waals surface area contributed by atoms with Crippen molar-refractivity contribution >= 4 is 50.4 Å². The van der Waals surface area contributed by atoms with E-state index in [2.05, 4.69) is 0 Å². The SMILES string of the molecule is COc1ccc(OS(C)(=O)=O)c(/C=C2\SC(=S)N(C)C2=O)c1. The standard InChI is InChI=1S/C13H13NO5S3/c1-14-12(15)11(21-13(14)20)7-8-6-9(18-2)4-5-10(8)19-22(3,16)17/h4-7H,1-3H3/b11-7-. The van der Waals surface area contributed by atoms with E-state index in [4.69, 9.17) is 21.1 Å². The highest BCUT2D eigenvalue weighted by atomic mass is 32.2. The van der Waals surface area contributed by atoms with Gasteiger partial charge in [-0.25, -0.2) is 0 Å². The average molecular weight is 359 g/mol. The number of nitrogens with zero attached hydrogens (tertiary/aromatic N) is 1. The molecule has 1 aliphatic rings. The van der Waals surface area contributed by atoms with Crippen molar-refractivity contribution in [2.24, 2.45) is 0 Å².